The lowest BCUT2D eigenvalue weighted by Crippen LogP contribution is -2.44. The minimum Gasteiger partial charge on any atom is -0.478 e. The molecule has 7 heteroatoms. The maximum atomic E-state index is 13.8. The average molecular weight is 473 g/mol. The number of nitrogens with zero attached hydrogens (tertiary/aromatic N) is 2. The Labute approximate surface area is 201 Å². The van der Waals surface area contributed by atoms with Crippen LogP contribution in [0.5, 0.6) is 5.88 Å². The molecule has 1 aliphatic carbocycles. The number of aromatic nitrogens is 1. The molecule has 6 nitrogen and oxygen atoms in total. The predicted molar refractivity (Wildman–Crippen MR) is 132 cm³/mol. The number of anilines is 1. The van der Waals surface area contributed by atoms with Crippen LogP contribution < -0.4 is 9.64 Å². The Bertz CT molecular complexity index is 943. The van der Waals surface area contributed by atoms with Crippen LogP contribution in [0.25, 0.3) is 0 Å². The lowest BCUT2D eigenvalue weighted by atomic mass is 9.82. The van der Waals surface area contributed by atoms with E-state index >= 15 is 0 Å². The van der Waals surface area contributed by atoms with Gasteiger partial charge in [-0.25, -0.2) is 9.78 Å². The minimum absolute atomic E-state index is 0.0352. The van der Waals surface area contributed by atoms with Gasteiger partial charge in [0, 0.05) is 35.5 Å². The summed E-state index contributed by atoms with van der Waals surface area (Å²) >= 11 is 1.27. The quantitative estimate of drug-likeness (QED) is 0.498. The lowest BCUT2D eigenvalue weighted by Gasteiger charge is -2.35. The third-order valence-corrected chi connectivity index (χ3v) is 7.91. The molecule has 33 heavy (non-hydrogen) atoms. The van der Waals surface area contributed by atoms with E-state index in [-0.39, 0.29) is 28.2 Å². The molecular formula is C26H36N2O4S. The van der Waals surface area contributed by atoms with Crippen LogP contribution in [-0.2, 0) is 10.2 Å². The number of hydrogen-bond donors (Lipinski definition) is 1. The van der Waals surface area contributed by atoms with Gasteiger partial charge in [-0.3, -0.25) is 4.79 Å². The van der Waals surface area contributed by atoms with Gasteiger partial charge in [0.2, 0.25) is 11.8 Å². The van der Waals surface area contributed by atoms with Crippen molar-refractivity contribution in [3.8, 4) is 5.88 Å². The maximum absolute atomic E-state index is 13.8. The van der Waals surface area contributed by atoms with E-state index in [0.29, 0.717) is 30.5 Å². The van der Waals surface area contributed by atoms with Gasteiger partial charge in [0.1, 0.15) is 4.88 Å². The van der Waals surface area contributed by atoms with Crippen LogP contribution in [0.15, 0.2) is 30.5 Å². The highest BCUT2D eigenvalue weighted by molar-refractivity contribution is 7.14. The van der Waals surface area contributed by atoms with Gasteiger partial charge in [-0.15, -0.1) is 11.3 Å². The highest BCUT2D eigenvalue weighted by Crippen LogP contribution is 2.40. The van der Waals surface area contributed by atoms with Crippen molar-refractivity contribution in [2.75, 3.05) is 11.5 Å². The Hall–Kier alpha value is -2.41. The summed E-state index contributed by atoms with van der Waals surface area (Å²) < 4.78 is 5.78. The second-order valence-corrected chi connectivity index (χ2v) is 11.3. The number of ether oxygens (including phenoxy) is 1. The first-order valence-corrected chi connectivity index (χ1v) is 12.6. The summed E-state index contributed by atoms with van der Waals surface area (Å²) in [6.07, 6.45) is 6.02. The van der Waals surface area contributed by atoms with E-state index in [0.717, 1.165) is 30.6 Å². The zero-order valence-corrected chi connectivity index (χ0v) is 21.2. The van der Waals surface area contributed by atoms with E-state index in [9.17, 15) is 14.7 Å². The van der Waals surface area contributed by atoms with Crippen molar-refractivity contribution >= 4 is 28.9 Å². The van der Waals surface area contributed by atoms with E-state index in [4.69, 9.17) is 4.74 Å². The van der Waals surface area contributed by atoms with Crippen molar-refractivity contribution in [1.82, 2.24) is 4.98 Å². The summed E-state index contributed by atoms with van der Waals surface area (Å²) in [7, 11) is 0. The van der Waals surface area contributed by atoms with E-state index in [1.807, 2.05) is 25.1 Å². The summed E-state index contributed by atoms with van der Waals surface area (Å²) in [5, 5.41) is 9.97. The SMILES string of the molecule is C[C@@H](CCOc1ccccn1)N(c1cc(C(C)(C)C)sc1C(=O)O)C(=O)[C@H]1CC[C@H](C)CC1. The molecular weight excluding hydrogens is 436 g/mol. The Morgan fingerprint density at radius 1 is 1.24 bits per heavy atom. The van der Waals surface area contributed by atoms with Crippen LogP contribution in [0.4, 0.5) is 5.69 Å². The summed E-state index contributed by atoms with van der Waals surface area (Å²) in [5.41, 5.74) is 0.319. The van der Waals surface area contributed by atoms with Gasteiger partial charge in [-0.2, -0.15) is 0 Å². The van der Waals surface area contributed by atoms with Gasteiger partial charge in [-0.1, -0.05) is 33.8 Å². The fourth-order valence-electron chi connectivity index (χ4n) is 4.26. The van der Waals surface area contributed by atoms with Gasteiger partial charge < -0.3 is 14.7 Å². The molecule has 1 amide bonds. The van der Waals surface area contributed by atoms with Gasteiger partial charge in [0.05, 0.1) is 12.3 Å². The smallest absolute Gasteiger partial charge is 0.348 e. The molecule has 0 radical (unpaired) electrons. The summed E-state index contributed by atoms with van der Waals surface area (Å²) in [5.74, 6) is 0.154. The van der Waals surface area contributed by atoms with Gasteiger partial charge in [0.25, 0.3) is 0 Å². The molecule has 0 aromatic carbocycles. The number of rotatable bonds is 8. The average Bonchev–Trinajstić information content (AvgIpc) is 3.21. The molecule has 1 atom stereocenters. The third-order valence-electron chi connectivity index (χ3n) is 6.37. The van der Waals surface area contributed by atoms with Crippen LogP contribution in [-0.4, -0.2) is 34.6 Å². The van der Waals surface area contributed by atoms with Crippen molar-refractivity contribution in [2.45, 2.75) is 78.2 Å². The number of amides is 1. The molecule has 1 N–H and O–H groups in total. The molecule has 1 aliphatic rings. The molecule has 180 valence electrons. The normalized spacial score (nSPS) is 19.7. The van der Waals surface area contributed by atoms with Crippen LogP contribution in [0.2, 0.25) is 0 Å². The Kier molecular flexibility index (Phi) is 8.16. The third kappa shape index (κ3) is 6.34. The molecule has 0 unspecified atom stereocenters. The zero-order valence-electron chi connectivity index (χ0n) is 20.3. The highest BCUT2D eigenvalue weighted by Gasteiger charge is 2.35. The molecule has 0 saturated heterocycles. The highest BCUT2D eigenvalue weighted by atomic mass is 32.1. The summed E-state index contributed by atoms with van der Waals surface area (Å²) in [6.45, 7) is 10.8. The Balaban J connectivity index is 1.89. The Morgan fingerprint density at radius 2 is 1.94 bits per heavy atom. The second kappa shape index (κ2) is 10.7. The number of carboxylic acids is 1. The maximum Gasteiger partial charge on any atom is 0.348 e. The fourth-order valence-corrected chi connectivity index (χ4v) is 5.30. The number of hydrogen-bond acceptors (Lipinski definition) is 5. The minimum atomic E-state index is -0.988. The van der Waals surface area contributed by atoms with E-state index < -0.39 is 5.97 Å². The number of pyridine rings is 1. The first kappa shape index (κ1) is 25.2. The number of carbonyl (C=O) groups excluding carboxylic acids is 1. The van der Waals surface area contributed by atoms with Crippen LogP contribution in [0.3, 0.4) is 0 Å². The van der Waals surface area contributed by atoms with E-state index in [1.165, 1.54) is 11.3 Å². The van der Waals surface area contributed by atoms with Gasteiger partial charge in [0.15, 0.2) is 0 Å². The monoisotopic (exact) mass is 472 g/mol. The first-order chi connectivity index (χ1) is 15.6. The molecule has 0 bridgehead atoms. The molecule has 2 aromatic heterocycles. The zero-order chi connectivity index (χ0) is 24.2. The molecule has 0 spiro atoms. The van der Waals surface area contributed by atoms with Crippen molar-refractivity contribution in [1.29, 1.82) is 0 Å². The van der Waals surface area contributed by atoms with Crippen LogP contribution in [0.1, 0.15) is 81.3 Å². The van der Waals surface area contributed by atoms with E-state index in [1.54, 1.807) is 17.2 Å². The largest absolute Gasteiger partial charge is 0.478 e. The second-order valence-electron chi connectivity index (χ2n) is 10.2. The molecule has 2 aromatic rings. The molecule has 0 aliphatic heterocycles. The number of carboxylic acid groups (broad SMARTS) is 1. The standard InChI is InChI=1S/C26H36N2O4S/c1-17-9-11-19(12-10-17)24(29)28(18(2)13-15-32-22-8-6-7-14-27-22)20-16-21(26(3,4)5)33-23(20)25(30)31/h6-8,14,16-19H,9-13,15H2,1-5H3,(H,30,31)/t17-,18-,19-/m0/s1. The Morgan fingerprint density at radius 3 is 2.52 bits per heavy atom. The van der Waals surface area contributed by atoms with Gasteiger partial charge in [-0.05, 0) is 56.1 Å². The van der Waals surface area contributed by atoms with Crippen LogP contribution >= 0.6 is 11.3 Å². The number of carbonyl (C=O) groups is 2. The molecule has 1 saturated carbocycles. The molecule has 3 rings (SSSR count). The first-order valence-electron chi connectivity index (χ1n) is 11.8. The molecule has 2 heterocycles. The van der Waals surface area contributed by atoms with Crippen molar-refractivity contribution < 1.29 is 19.4 Å². The number of aromatic carboxylic acids is 1. The molecule has 1 fully saturated rings. The number of thiophene rings is 1. The lowest BCUT2D eigenvalue weighted by molar-refractivity contribution is -0.124. The predicted octanol–water partition coefficient (Wildman–Crippen LogP) is 6.16. The summed E-state index contributed by atoms with van der Waals surface area (Å²) in [6, 6.07) is 7.20. The van der Waals surface area contributed by atoms with Gasteiger partial charge >= 0.3 is 5.97 Å². The van der Waals surface area contributed by atoms with Crippen molar-refractivity contribution in [3.63, 3.8) is 0 Å². The topological polar surface area (TPSA) is 79.7 Å². The van der Waals surface area contributed by atoms with Crippen LogP contribution in [0, 0.1) is 11.8 Å². The fraction of sp³-hybridized carbons (Fsp3) is 0.577. The van der Waals surface area contributed by atoms with Crippen molar-refractivity contribution in [2.24, 2.45) is 11.8 Å². The van der Waals surface area contributed by atoms with Crippen molar-refractivity contribution in [3.05, 3.63) is 40.2 Å². The van der Waals surface area contributed by atoms with E-state index in [2.05, 4.69) is 32.7 Å². The summed E-state index contributed by atoms with van der Waals surface area (Å²) in [4.78, 5) is 33.1.